The number of piperidine rings is 1. The van der Waals surface area contributed by atoms with Crippen molar-refractivity contribution in [2.45, 2.75) is 30.6 Å². The number of rotatable bonds is 5. The highest BCUT2D eigenvalue weighted by Gasteiger charge is 2.19. The van der Waals surface area contributed by atoms with Gasteiger partial charge in [0.2, 0.25) is 0 Å². The van der Waals surface area contributed by atoms with Crippen molar-refractivity contribution >= 4 is 23.4 Å². The van der Waals surface area contributed by atoms with Crippen LogP contribution in [0.5, 0.6) is 0 Å². The summed E-state index contributed by atoms with van der Waals surface area (Å²) < 4.78 is 5.48. The average Bonchev–Trinajstić information content (AvgIpc) is 3.08. The summed E-state index contributed by atoms with van der Waals surface area (Å²) in [4.78, 5) is 14.7. The molecule has 1 aromatic heterocycles. The maximum atomic E-state index is 12.4. The number of para-hydroxylation sites is 1. The van der Waals surface area contributed by atoms with Crippen LogP contribution in [-0.4, -0.2) is 41.4 Å². The number of aliphatic hydroxyl groups is 1. The molecule has 1 fully saturated rings. The van der Waals surface area contributed by atoms with Gasteiger partial charge in [-0.2, -0.15) is 0 Å². The molecule has 24 heavy (non-hydrogen) atoms. The van der Waals surface area contributed by atoms with Crippen LogP contribution in [0.2, 0.25) is 0 Å². The summed E-state index contributed by atoms with van der Waals surface area (Å²) in [5, 5.41) is 13.3. The molecular formula is C18H22N2O3S. The number of anilines is 1. The number of aliphatic hydroxyl groups excluding tert-OH is 1. The van der Waals surface area contributed by atoms with Crippen molar-refractivity contribution in [3.63, 3.8) is 0 Å². The maximum absolute atomic E-state index is 12.4. The van der Waals surface area contributed by atoms with Crippen molar-refractivity contribution in [1.82, 2.24) is 4.90 Å². The van der Waals surface area contributed by atoms with Crippen LogP contribution >= 0.6 is 11.8 Å². The highest BCUT2D eigenvalue weighted by Crippen LogP contribution is 2.22. The van der Waals surface area contributed by atoms with Gasteiger partial charge < -0.3 is 14.8 Å². The molecule has 3 rings (SSSR count). The number of likely N-dealkylation sites (tertiary alicyclic amines) is 1. The normalized spacial score (nSPS) is 16.2. The van der Waals surface area contributed by atoms with Crippen molar-refractivity contribution in [2.24, 2.45) is 0 Å². The van der Waals surface area contributed by atoms with Gasteiger partial charge in [-0.25, -0.2) is 0 Å². The Morgan fingerprint density at radius 2 is 2.04 bits per heavy atom. The van der Waals surface area contributed by atoms with E-state index in [2.05, 4.69) is 10.2 Å². The van der Waals surface area contributed by atoms with Crippen molar-refractivity contribution in [2.75, 3.05) is 24.7 Å². The van der Waals surface area contributed by atoms with Crippen LogP contribution in [0.1, 0.15) is 29.0 Å². The number of nitrogens with zero attached hydrogens (tertiary/aromatic N) is 1. The summed E-state index contributed by atoms with van der Waals surface area (Å²) in [6, 6.07) is 11.3. The van der Waals surface area contributed by atoms with E-state index in [0.29, 0.717) is 5.76 Å². The molecule has 0 radical (unpaired) electrons. The lowest BCUT2D eigenvalue weighted by Crippen LogP contribution is -2.35. The molecule has 0 saturated carbocycles. The molecule has 1 saturated heterocycles. The second kappa shape index (κ2) is 7.88. The largest absolute Gasteiger partial charge is 0.445 e. The van der Waals surface area contributed by atoms with Crippen LogP contribution in [0, 0.1) is 0 Å². The van der Waals surface area contributed by atoms with Crippen LogP contribution in [0.3, 0.4) is 0 Å². The van der Waals surface area contributed by atoms with Gasteiger partial charge >= 0.3 is 0 Å². The topological polar surface area (TPSA) is 65.7 Å². The molecule has 2 aromatic rings. The predicted molar refractivity (Wildman–Crippen MR) is 95.4 cm³/mol. The third-order valence-corrected chi connectivity index (χ3v) is 4.84. The summed E-state index contributed by atoms with van der Waals surface area (Å²) >= 11 is 1.47. The van der Waals surface area contributed by atoms with Gasteiger partial charge in [-0.3, -0.25) is 9.69 Å². The summed E-state index contributed by atoms with van der Waals surface area (Å²) in [6.07, 6.45) is 3.34. The Balaban J connectivity index is 1.68. The van der Waals surface area contributed by atoms with Gasteiger partial charge in [-0.1, -0.05) is 30.0 Å². The molecule has 0 aliphatic carbocycles. The average molecular weight is 346 g/mol. The lowest BCUT2D eigenvalue weighted by molar-refractivity contribution is 0.0793. The quantitative estimate of drug-likeness (QED) is 0.814. The van der Waals surface area contributed by atoms with E-state index in [9.17, 15) is 9.90 Å². The lowest BCUT2D eigenvalue weighted by atomic mass is 10.1. The Morgan fingerprint density at radius 3 is 2.75 bits per heavy atom. The molecule has 0 atom stereocenters. The highest BCUT2D eigenvalue weighted by atomic mass is 32.2. The number of amides is 1. The van der Waals surface area contributed by atoms with E-state index >= 15 is 0 Å². The number of hydrogen-bond donors (Lipinski definition) is 2. The first kappa shape index (κ1) is 17.1. The molecule has 0 unspecified atom stereocenters. The first-order chi connectivity index (χ1) is 11.7. The second-order valence-corrected chi connectivity index (χ2v) is 6.75. The maximum Gasteiger partial charge on any atom is 0.291 e. The molecule has 1 aliphatic heterocycles. The molecule has 128 valence electrons. The van der Waals surface area contributed by atoms with E-state index in [1.807, 2.05) is 30.5 Å². The van der Waals surface area contributed by atoms with Crippen LogP contribution in [0.25, 0.3) is 0 Å². The summed E-state index contributed by atoms with van der Waals surface area (Å²) in [5.74, 6) is 0.0760. The molecule has 6 heteroatoms. The SMILES string of the molecule is CSc1ccc(C(=O)Nc2ccccc2CN2CCC(O)CC2)o1. The van der Waals surface area contributed by atoms with Crippen molar-refractivity contribution in [3.8, 4) is 0 Å². The first-order valence-corrected chi connectivity index (χ1v) is 9.31. The molecule has 5 nitrogen and oxygen atoms in total. The van der Waals surface area contributed by atoms with E-state index in [1.165, 1.54) is 11.8 Å². The number of benzene rings is 1. The van der Waals surface area contributed by atoms with E-state index in [1.54, 1.807) is 12.1 Å². The van der Waals surface area contributed by atoms with Gasteiger partial charge in [-0.05, 0) is 42.9 Å². The number of furan rings is 1. The molecule has 0 bridgehead atoms. The second-order valence-electron chi connectivity index (χ2n) is 5.94. The molecular weight excluding hydrogens is 324 g/mol. The molecule has 2 N–H and O–H groups in total. The zero-order chi connectivity index (χ0) is 16.9. The molecule has 1 aliphatic rings. The van der Waals surface area contributed by atoms with Gasteiger partial charge in [0.25, 0.3) is 5.91 Å². The zero-order valence-corrected chi connectivity index (χ0v) is 14.5. The Bertz CT molecular complexity index is 693. The van der Waals surface area contributed by atoms with Gasteiger partial charge in [-0.15, -0.1) is 0 Å². The molecule has 2 heterocycles. The van der Waals surface area contributed by atoms with E-state index in [0.717, 1.165) is 48.8 Å². The Hall–Kier alpha value is -1.76. The van der Waals surface area contributed by atoms with E-state index < -0.39 is 0 Å². The molecule has 1 aromatic carbocycles. The minimum absolute atomic E-state index is 0.180. The number of carbonyl (C=O) groups is 1. The third-order valence-electron chi connectivity index (χ3n) is 4.22. The third kappa shape index (κ3) is 4.20. The summed E-state index contributed by atoms with van der Waals surface area (Å²) in [5.41, 5.74) is 1.87. The minimum atomic E-state index is -0.239. The number of hydrogen-bond acceptors (Lipinski definition) is 5. The number of thioether (sulfide) groups is 1. The molecule has 1 amide bonds. The fourth-order valence-corrected chi connectivity index (χ4v) is 3.21. The summed E-state index contributed by atoms with van der Waals surface area (Å²) in [6.45, 7) is 2.51. The number of nitrogens with one attached hydrogen (secondary N) is 1. The lowest BCUT2D eigenvalue weighted by Gasteiger charge is -2.30. The van der Waals surface area contributed by atoms with E-state index in [-0.39, 0.29) is 12.0 Å². The number of carbonyl (C=O) groups excluding carboxylic acids is 1. The van der Waals surface area contributed by atoms with Crippen LogP contribution in [0.4, 0.5) is 5.69 Å². The Kier molecular flexibility index (Phi) is 5.60. The Labute approximate surface area is 146 Å². The highest BCUT2D eigenvalue weighted by molar-refractivity contribution is 7.98. The summed E-state index contributed by atoms with van der Waals surface area (Å²) in [7, 11) is 0. The monoisotopic (exact) mass is 346 g/mol. The van der Waals surface area contributed by atoms with Gasteiger partial charge in [0, 0.05) is 25.3 Å². The minimum Gasteiger partial charge on any atom is -0.445 e. The first-order valence-electron chi connectivity index (χ1n) is 8.09. The van der Waals surface area contributed by atoms with Crippen LogP contribution in [0.15, 0.2) is 45.9 Å². The van der Waals surface area contributed by atoms with Crippen LogP contribution < -0.4 is 5.32 Å². The fourth-order valence-electron chi connectivity index (χ4n) is 2.83. The van der Waals surface area contributed by atoms with Crippen LogP contribution in [-0.2, 0) is 6.54 Å². The predicted octanol–water partition coefficient (Wildman–Crippen LogP) is 3.21. The standard InChI is InChI=1S/C18H22N2O3S/c1-24-17-7-6-16(23-17)18(22)19-15-5-3-2-4-13(15)12-20-10-8-14(21)9-11-20/h2-7,14,21H,8-12H2,1H3,(H,19,22). The van der Waals surface area contributed by atoms with E-state index in [4.69, 9.17) is 4.42 Å². The van der Waals surface area contributed by atoms with Crippen molar-refractivity contribution in [1.29, 1.82) is 0 Å². The van der Waals surface area contributed by atoms with Crippen molar-refractivity contribution < 1.29 is 14.3 Å². The van der Waals surface area contributed by atoms with Gasteiger partial charge in [0.1, 0.15) is 0 Å². The van der Waals surface area contributed by atoms with Gasteiger partial charge in [0.05, 0.1) is 6.10 Å². The smallest absolute Gasteiger partial charge is 0.291 e. The zero-order valence-electron chi connectivity index (χ0n) is 13.7. The fraction of sp³-hybridized carbons (Fsp3) is 0.389. The van der Waals surface area contributed by atoms with Crippen molar-refractivity contribution in [3.05, 3.63) is 47.7 Å². The molecule has 0 spiro atoms. The van der Waals surface area contributed by atoms with Gasteiger partial charge in [0.15, 0.2) is 10.9 Å². The Morgan fingerprint density at radius 1 is 1.29 bits per heavy atom.